The quantitative estimate of drug-likeness (QED) is 0.713. The Hall–Kier alpha value is -1.97. The van der Waals surface area contributed by atoms with Gasteiger partial charge in [-0.25, -0.2) is 4.79 Å². The number of benzene rings is 1. The molecule has 1 aromatic carbocycles. The summed E-state index contributed by atoms with van der Waals surface area (Å²) >= 11 is 0. The van der Waals surface area contributed by atoms with Gasteiger partial charge in [0.05, 0.1) is 0 Å². The lowest BCUT2D eigenvalue weighted by Crippen LogP contribution is -2.08. The summed E-state index contributed by atoms with van der Waals surface area (Å²) in [4.78, 5) is 11.9. The Morgan fingerprint density at radius 1 is 1.36 bits per heavy atom. The second-order valence-corrected chi connectivity index (χ2v) is 2.78. The van der Waals surface area contributed by atoms with E-state index in [4.69, 9.17) is 10.2 Å². The molecular weight excluding hydrogens is 182 g/mol. The van der Waals surface area contributed by atoms with E-state index >= 15 is 0 Å². The van der Waals surface area contributed by atoms with E-state index in [1.54, 1.807) is 36.2 Å². The summed E-state index contributed by atoms with van der Waals surface area (Å²) in [5, 5.41) is 17.4. The van der Waals surface area contributed by atoms with Crippen LogP contribution in [0.15, 0.2) is 36.5 Å². The van der Waals surface area contributed by atoms with Crippen LogP contribution in [0.4, 0.5) is 5.69 Å². The van der Waals surface area contributed by atoms with E-state index in [0.717, 1.165) is 11.8 Å². The standard InChI is InChI=1S/C10H11NO3/c1-11(7-6-10(13)14)8-2-4-9(12)5-3-8/h2-7,12H,1H3,(H,13,14). The summed E-state index contributed by atoms with van der Waals surface area (Å²) in [6, 6.07) is 6.48. The molecule has 0 aromatic heterocycles. The number of rotatable bonds is 3. The fourth-order valence-corrected chi connectivity index (χ4v) is 0.949. The molecule has 0 unspecified atom stereocenters. The number of phenolic OH excluding ortho intramolecular Hbond substituents is 1. The number of hydrogen-bond acceptors (Lipinski definition) is 3. The highest BCUT2D eigenvalue weighted by molar-refractivity contribution is 5.80. The summed E-state index contributed by atoms with van der Waals surface area (Å²) in [7, 11) is 1.73. The van der Waals surface area contributed by atoms with Gasteiger partial charge in [-0.1, -0.05) is 0 Å². The normalized spacial score (nSPS) is 10.4. The Bertz CT molecular complexity index is 343. The molecule has 0 saturated carbocycles. The minimum Gasteiger partial charge on any atom is -0.508 e. The van der Waals surface area contributed by atoms with E-state index in [1.807, 2.05) is 0 Å². The van der Waals surface area contributed by atoms with Gasteiger partial charge in [-0.2, -0.15) is 0 Å². The van der Waals surface area contributed by atoms with Crippen molar-refractivity contribution >= 4 is 11.7 Å². The topological polar surface area (TPSA) is 60.8 Å². The zero-order valence-corrected chi connectivity index (χ0v) is 7.71. The zero-order chi connectivity index (χ0) is 10.6. The number of aromatic hydroxyl groups is 1. The van der Waals surface area contributed by atoms with Gasteiger partial charge < -0.3 is 15.1 Å². The molecule has 1 rings (SSSR count). The van der Waals surface area contributed by atoms with E-state index in [-0.39, 0.29) is 5.75 Å². The van der Waals surface area contributed by atoms with Crippen molar-refractivity contribution < 1.29 is 15.0 Å². The number of aliphatic carboxylic acids is 1. The number of carbonyl (C=O) groups is 1. The highest BCUT2D eigenvalue weighted by Gasteiger charge is 1.96. The molecule has 0 bridgehead atoms. The van der Waals surface area contributed by atoms with E-state index in [2.05, 4.69) is 0 Å². The summed E-state index contributed by atoms with van der Waals surface area (Å²) in [6.07, 6.45) is 2.49. The van der Waals surface area contributed by atoms with Crippen LogP contribution in [0.25, 0.3) is 0 Å². The van der Waals surface area contributed by atoms with Crippen molar-refractivity contribution in [3.8, 4) is 5.75 Å². The maximum absolute atomic E-state index is 10.2. The first-order valence-electron chi connectivity index (χ1n) is 4.02. The molecule has 0 amide bonds. The zero-order valence-electron chi connectivity index (χ0n) is 7.71. The van der Waals surface area contributed by atoms with Gasteiger partial charge >= 0.3 is 5.97 Å². The van der Waals surface area contributed by atoms with E-state index in [1.165, 1.54) is 6.20 Å². The molecule has 0 radical (unpaired) electrons. The second kappa shape index (κ2) is 4.32. The average Bonchev–Trinajstić information content (AvgIpc) is 2.15. The van der Waals surface area contributed by atoms with Crippen LogP contribution < -0.4 is 4.90 Å². The average molecular weight is 193 g/mol. The molecule has 0 heterocycles. The third-order valence-electron chi connectivity index (χ3n) is 1.70. The van der Waals surface area contributed by atoms with Crippen molar-refractivity contribution in [2.24, 2.45) is 0 Å². The molecule has 0 fully saturated rings. The van der Waals surface area contributed by atoms with Crippen LogP contribution in [-0.4, -0.2) is 23.2 Å². The van der Waals surface area contributed by atoms with Crippen LogP contribution in [0.3, 0.4) is 0 Å². The first kappa shape index (κ1) is 10.1. The summed E-state index contributed by atoms with van der Waals surface area (Å²) in [5.74, 6) is -0.806. The van der Waals surface area contributed by atoms with Crippen LogP contribution in [0.5, 0.6) is 5.75 Å². The molecule has 0 aliphatic heterocycles. The van der Waals surface area contributed by atoms with Gasteiger partial charge in [0.2, 0.25) is 0 Å². The molecule has 0 atom stereocenters. The fraction of sp³-hybridized carbons (Fsp3) is 0.100. The molecule has 2 N–H and O–H groups in total. The van der Waals surface area contributed by atoms with Gasteiger partial charge in [-0.15, -0.1) is 0 Å². The number of anilines is 1. The number of carboxylic acid groups (broad SMARTS) is 1. The molecule has 0 aliphatic rings. The Balaban J connectivity index is 2.74. The summed E-state index contributed by atoms with van der Waals surface area (Å²) in [6.45, 7) is 0. The van der Waals surface area contributed by atoms with Crippen LogP contribution >= 0.6 is 0 Å². The smallest absolute Gasteiger partial charge is 0.329 e. The van der Waals surface area contributed by atoms with Crippen molar-refractivity contribution in [3.05, 3.63) is 36.5 Å². The summed E-state index contributed by atoms with van der Waals surface area (Å²) < 4.78 is 0. The van der Waals surface area contributed by atoms with Gasteiger partial charge in [-0.05, 0) is 24.3 Å². The first-order valence-corrected chi connectivity index (χ1v) is 4.02. The number of carboxylic acids is 1. The van der Waals surface area contributed by atoms with Crippen molar-refractivity contribution in [2.45, 2.75) is 0 Å². The maximum atomic E-state index is 10.2. The van der Waals surface area contributed by atoms with Crippen molar-refractivity contribution in [2.75, 3.05) is 11.9 Å². The van der Waals surface area contributed by atoms with Crippen molar-refractivity contribution in [3.63, 3.8) is 0 Å². The lowest BCUT2D eigenvalue weighted by Gasteiger charge is -2.13. The number of hydrogen-bond donors (Lipinski definition) is 2. The highest BCUT2D eigenvalue weighted by atomic mass is 16.4. The Labute approximate surface area is 81.7 Å². The first-order chi connectivity index (χ1) is 6.59. The Morgan fingerprint density at radius 2 is 1.93 bits per heavy atom. The van der Waals surface area contributed by atoms with E-state index in [0.29, 0.717) is 0 Å². The monoisotopic (exact) mass is 193 g/mol. The predicted molar refractivity (Wildman–Crippen MR) is 53.3 cm³/mol. The molecule has 1 aromatic rings. The molecular formula is C10H11NO3. The van der Waals surface area contributed by atoms with Crippen molar-refractivity contribution in [1.29, 1.82) is 0 Å². The molecule has 4 heteroatoms. The van der Waals surface area contributed by atoms with Gasteiger partial charge in [-0.3, -0.25) is 0 Å². The summed E-state index contributed by atoms with van der Waals surface area (Å²) in [5.41, 5.74) is 0.806. The number of phenols is 1. The van der Waals surface area contributed by atoms with E-state index in [9.17, 15) is 4.79 Å². The minimum absolute atomic E-state index is 0.185. The third-order valence-corrected chi connectivity index (χ3v) is 1.70. The molecule has 0 aliphatic carbocycles. The Morgan fingerprint density at radius 3 is 2.43 bits per heavy atom. The van der Waals surface area contributed by atoms with Crippen LogP contribution in [0, 0.1) is 0 Å². The van der Waals surface area contributed by atoms with Gasteiger partial charge in [0.25, 0.3) is 0 Å². The molecule has 0 saturated heterocycles. The minimum atomic E-state index is -0.990. The SMILES string of the molecule is CN(C=CC(=O)O)c1ccc(O)cc1. The van der Waals surface area contributed by atoms with Gasteiger partial charge in [0.1, 0.15) is 5.75 Å². The van der Waals surface area contributed by atoms with Crippen LogP contribution in [0.1, 0.15) is 0 Å². The van der Waals surface area contributed by atoms with Crippen LogP contribution in [0.2, 0.25) is 0 Å². The van der Waals surface area contributed by atoms with Gasteiger partial charge in [0, 0.05) is 25.0 Å². The Kier molecular flexibility index (Phi) is 3.12. The van der Waals surface area contributed by atoms with Crippen molar-refractivity contribution in [1.82, 2.24) is 0 Å². The fourth-order valence-electron chi connectivity index (χ4n) is 0.949. The van der Waals surface area contributed by atoms with Gasteiger partial charge in [0.15, 0.2) is 0 Å². The predicted octanol–water partition coefficient (Wildman–Crippen LogP) is 1.43. The molecule has 74 valence electrons. The highest BCUT2D eigenvalue weighted by Crippen LogP contribution is 2.16. The lowest BCUT2D eigenvalue weighted by molar-refractivity contribution is -0.131. The second-order valence-electron chi connectivity index (χ2n) is 2.78. The molecule has 4 nitrogen and oxygen atoms in total. The van der Waals surface area contributed by atoms with Crippen LogP contribution in [-0.2, 0) is 4.79 Å². The largest absolute Gasteiger partial charge is 0.508 e. The third kappa shape index (κ3) is 2.82. The lowest BCUT2D eigenvalue weighted by atomic mass is 10.3. The molecule has 0 spiro atoms. The maximum Gasteiger partial charge on any atom is 0.329 e. The number of nitrogens with zero attached hydrogens (tertiary/aromatic N) is 1. The van der Waals surface area contributed by atoms with E-state index < -0.39 is 5.97 Å². The molecule has 14 heavy (non-hydrogen) atoms.